The maximum Gasteiger partial charge on any atom is 0.0441 e. The van der Waals surface area contributed by atoms with Gasteiger partial charge in [-0.25, -0.2) is 0 Å². The van der Waals surface area contributed by atoms with Crippen molar-refractivity contribution in [3.63, 3.8) is 0 Å². The fourth-order valence-electron chi connectivity index (χ4n) is 3.45. The summed E-state index contributed by atoms with van der Waals surface area (Å²) in [6.45, 7) is 3.00. The molecule has 0 amide bonds. The van der Waals surface area contributed by atoms with E-state index in [1.807, 2.05) is 18.2 Å². The van der Waals surface area contributed by atoms with Crippen molar-refractivity contribution in [2.75, 3.05) is 6.54 Å². The zero-order chi connectivity index (χ0) is 13.8. The van der Waals surface area contributed by atoms with Gasteiger partial charge in [-0.05, 0) is 60.9 Å². The van der Waals surface area contributed by atoms with Crippen LogP contribution in [0.2, 0.25) is 10.0 Å². The van der Waals surface area contributed by atoms with Crippen LogP contribution in [-0.4, -0.2) is 6.54 Å². The van der Waals surface area contributed by atoms with Gasteiger partial charge < -0.3 is 5.73 Å². The summed E-state index contributed by atoms with van der Waals surface area (Å²) in [5, 5.41) is 1.61. The van der Waals surface area contributed by atoms with Crippen molar-refractivity contribution in [2.45, 2.75) is 44.9 Å². The molecule has 3 heteroatoms. The molecule has 0 bridgehead atoms. The first-order chi connectivity index (χ1) is 9.15. The number of hydrogen-bond acceptors (Lipinski definition) is 1. The van der Waals surface area contributed by atoms with Crippen LogP contribution in [-0.2, 0) is 0 Å². The molecule has 0 saturated heterocycles. The molecule has 1 fully saturated rings. The summed E-state index contributed by atoms with van der Waals surface area (Å²) < 4.78 is 0. The summed E-state index contributed by atoms with van der Waals surface area (Å²) in [6, 6.07) is 5.80. The predicted molar refractivity (Wildman–Crippen MR) is 84.0 cm³/mol. The summed E-state index contributed by atoms with van der Waals surface area (Å²) in [5.41, 5.74) is 7.16. The fraction of sp³-hybridized carbons (Fsp3) is 0.625. The lowest BCUT2D eigenvalue weighted by atomic mass is 9.70. The maximum atomic E-state index is 6.38. The molecule has 1 aliphatic carbocycles. The zero-order valence-electron chi connectivity index (χ0n) is 11.5. The minimum Gasteiger partial charge on any atom is -0.330 e. The summed E-state index contributed by atoms with van der Waals surface area (Å²) in [7, 11) is 0. The maximum absolute atomic E-state index is 6.38. The van der Waals surface area contributed by atoms with Crippen molar-refractivity contribution in [1.82, 2.24) is 0 Å². The predicted octanol–water partition coefficient (Wildman–Crippen LogP) is 5.25. The number of nitrogens with two attached hydrogens (primary N) is 1. The van der Waals surface area contributed by atoms with Gasteiger partial charge in [0.15, 0.2) is 0 Å². The Morgan fingerprint density at radius 2 is 2.05 bits per heavy atom. The third kappa shape index (κ3) is 3.65. The van der Waals surface area contributed by atoms with Gasteiger partial charge in [0, 0.05) is 10.0 Å². The minimum absolute atomic E-state index is 0.474. The quantitative estimate of drug-likeness (QED) is 0.807. The molecule has 106 valence electrons. The number of hydrogen-bond donors (Lipinski definition) is 1. The van der Waals surface area contributed by atoms with Gasteiger partial charge in [0.2, 0.25) is 0 Å². The molecule has 1 aromatic rings. The van der Waals surface area contributed by atoms with Gasteiger partial charge in [-0.1, -0.05) is 49.4 Å². The highest BCUT2D eigenvalue weighted by Gasteiger charge is 2.31. The van der Waals surface area contributed by atoms with Gasteiger partial charge in [-0.15, -0.1) is 0 Å². The summed E-state index contributed by atoms with van der Waals surface area (Å²) in [6.07, 6.45) is 6.30. The lowest BCUT2D eigenvalue weighted by Gasteiger charge is -2.36. The molecule has 1 nitrogen and oxygen atoms in total. The fourth-order valence-corrected chi connectivity index (χ4v) is 3.89. The highest BCUT2D eigenvalue weighted by molar-refractivity contribution is 6.33. The van der Waals surface area contributed by atoms with E-state index in [9.17, 15) is 0 Å². The van der Waals surface area contributed by atoms with E-state index in [0.717, 1.165) is 22.5 Å². The van der Waals surface area contributed by atoms with Gasteiger partial charge in [-0.3, -0.25) is 0 Å². The molecular weight excluding hydrogens is 277 g/mol. The Labute approximate surface area is 126 Å². The molecule has 19 heavy (non-hydrogen) atoms. The van der Waals surface area contributed by atoms with Crippen LogP contribution in [0.15, 0.2) is 18.2 Å². The van der Waals surface area contributed by atoms with E-state index < -0.39 is 0 Å². The van der Waals surface area contributed by atoms with Gasteiger partial charge in [-0.2, -0.15) is 0 Å². The molecule has 2 rings (SSSR count). The molecule has 1 aromatic carbocycles. The molecule has 1 saturated carbocycles. The highest BCUT2D eigenvalue weighted by atomic mass is 35.5. The van der Waals surface area contributed by atoms with Crippen molar-refractivity contribution < 1.29 is 0 Å². The standard InChI is InChI=1S/C16H23Cl2N/c1-2-3-11-4-5-12(10-19)14(8-11)15-9-13(17)6-7-16(15)18/h6-7,9,11-12,14H,2-5,8,10,19H2,1H3. The van der Waals surface area contributed by atoms with Crippen molar-refractivity contribution in [3.8, 4) is 0 Å². The van der Waals surface area contributed by atoms with Gasteiger partial charge in [0.25, 0.3) is 0 Å². The highest BCUT2D eigenvalue weighted by Crippen LogP contribution is 2.44. The largest absolute Gasteiger partial charge is 0.330 e. The normalized spacial score (nSPS) is 27.5. The second-order valence-corrected chi connectivity index (χ2v) is 6.58. The number of rotatable bonds is 4. The monoisotopic (exact) mass is 299 g/mol. The first-order valence-corrected chi connectivity index (χ1v) is 8.06. The topological polar surface area (TPSA) is 26.0 Å². The molecule has 1 aliphatic rings. The van der Waals surface area contributed by atoms with Crippen molar-refractivity contribution >= 4 is 23.2 Å². The van der Waals surface area contributed by atoms with Gasteiger partial charge in [0.1, 0.15) is 0 Å². The first-order valence-electron chi connectivity index (χ1n) is 7.30. The Balaban J connectivity index is 2.24. The lowest BCUT2D eigenvalue weighted by molar-refractivity contribution is 0.230. The summed E-state index contributed by atoms with van der Waals surface area (Å²) in [4.78, 5) is 0. The third-order valence-corrected chi connectivity index (χ3v) is 5.04. The SMILES string of the molecule is CCCC1CCC(CN)C(c2cc(Cl)ccc2Cl)C1. The molecular formula is C16H23Cl2N. The molecule has 0 heterocycles. The molecule has 0 radical (unpaired) electrons. The van der Waals surface area contributed by atoms with Crippen LogP contribution in [0.5, 0.6) is 0 Å². The average molecular weight is 300 g/mol. The van der Waals surface area contributed by atoms with Crippen LogP contribution in [0.3, 0.4) is 0 Å². The van der Waals surface area contributed by atoms with Crippen LogP contribution in [0.25, 0.3) is 0 Å². The smallest absolute Gasteiger partial charge is 0.0441 e. The Morgan fingerprint density at radius 1 is 1.26 bits per heavy atom. The van der Waals surface area contributed by atoms with E-state index in [2.05, 4.69) is 6.92 Å². The third-order valence-electron chi connectivity index (χ3n) is 4.46. The van der Waals surface area contributed by atoms with E-state index in [4.69, 9.17) is 28.9 Å². The Kier molecular flexibility index (Phi) is 5.56. The van der Waals surface area contributed by atoms with Gasteiger partial charge in [0.05, 0.1) is 0 Å². The van der Waals surface area contributed by atoms with Crippen molar-refractivity contribution in [1.29, 1.82) is 0 Å². The van der Waals surface area contributed by atoms with Crippen molar-refractivity contribution in [3.05, 3.63) is 33.8 Å². The van der Waals surface area contributed by atoms with E-state index in [1.165, 1.54) is 37.7 Å². The number of benzene rings is 1. The molecule has 3 atom stereocenters. The zero-order valence-corrected chi connectivity index (χ0v) is 13.1. The molecule has 3 unspecified atom stereocenters. The van der Waals surface area contributed by atoms with E-state index >= 15 is 0 Å². The Bertz CT molecular complexity index is 419. The second kappa shape index (κ2) is 6.97. The van der Waals surface area contributed by atoms with Crippen LogP contribution < -0.4 is 5.73 Å². The molecule has 0 spiro atoms. The first kappa shape index (κ1) is 15.2. The minimum atomic E-state index is 0.474. The van der Waals surface area contributed by atoms with E-state index in [1.54, 1.807) is 0 Å². The van der Waals surface area contributed by atoms with Crippen molar-refractivity contribution in [2.24, 2.45) is 17.6 Å². The average Bonchev–Trinajstić information content (AvgIpc) is 2.42. The summed E-state index contributed by atoms with van der Waals surface area (Å²) in [5.74, 6) is 1.83. The lowest BCUT2D eigenvalue weighted by Crippen LogP contribution is -2.29. The van der Waals surface area contributed by atoms with Crippen LogP contribution in [0, 0.1) is 11.8 Å². The second-order valence-electron chi connectivity index (χ2n) is 5.74. The van der Waals surface area contributed by atoms with Crippen LogP contribution in [0.1, 0.15) is 50.5 Å². The van der Waals surface area contributed by atoms with E-state index in [-0.39, 0.29) is 0 Å². The Hall–Kier alpha value is -0.240. The van der Waals surface area contributed by atoms with Gasteiger partial charge >= 0.3 is 0 Å². The summed E-state index contributed by atoms with van der Waals surface area (Å²) >= 11 is 12.5. The molecule has 0 aliphatic heterocycles. The molecule has 0 aromatic heterocycles. The molecule has 2 N–H and O–H groups in total. The van der Waals surface area contributed by atoms with Crippen LogP contribution in [0.4, 0.5) is 0 Å². The number of halogens is 2. The Morgan fingerprint density at radius 3 is 2.74 bits per heavy atom. The van der Waals surface area contributed by atoms with E-state index in [0.29, 0.717) is 11.8 Å². The van der Waals surface area contributed by atoms with Crippen LogP contribution >= 0.6 is 23.2 Å².